The van der Waals surface area contributed by atoms with E-state index < -0.39 is 59.4 Å². The molecule has 0 saturated heterocycles. The summed E-state index contributed by atoms with van der Waals surface area (Å²) in [6.07, 6.45) is -6.16. The van der Waals surface area contributed by atoms with Gasteiger partial charge in [-0.3, -0.25) is 9.59 Å². The SMILES string of the molecule is CC1CC(C)C(OC(=O)C2=C(c3ccccc3)C(=Cc3[n-]c(NC(=O)c4cccc(C(F)(F)F)c4)c(C(=O)OC4C(C)CC(C)CC4C)c3-c3ccccc3)N=C2NC(=O)c2cccc(C(F)(F)F)c2)C(C)C1.O.[Zn]. The summed E-state index contributed by atoms with van der Waals surface area (Å²) in [6.45, 7) is 12.2. The molecule has 2 amide bonds. The van der Waals surface area contributed by atoms with Crippen molar-refractivity contribution in [1.29, 1.82) is 0 Å². The van der Waals surface area contributed by atoms with Crippen LogP contribution in [-0.4, -0.2) is 47.3 Å². The van der Waals surface area contributed by atoms with Crippen molar-refractivity contribution < 1.29 is 79.9 Å². The van der Waals surface area contributed by atoms with E-state index in [1.165, 1.54) is 18.2 Å². The van der Waals surface area contributed by atoms with Crippen LogP contribution >= 0.6 is 0 Å². The number of amidine groups is 1. The Labute approximate surface area is 443 Å². The maximum atomic E-state index is 14.9. The molecular formula is C57H57F6N4O7Zn-. The van der Waals surface area contributed by atoms with Gasteiger partial charge in [0.05, 0.1) is 22.4 Å². The molecule has 75 heavy (non-hydrogen) atoms. The molecule has 0 spiro atoms. The first-order valence-corrected chi connectivity index (χ1v) is 24.3. The molecule has 392 valence electrons. The maximum Gasteiger partial charge on any atom is 0.416 e. The fourth-order valence-electron chi connectivity index (χ4n) is 10.9. The van der Waals surface area contributed by atoms with Gasteiger partial charge in [-0.1, -0.05) is 120 Å². The third kappa shape index (κ3) is 12.9. The summed E-state index contributed by atoms with van der Waals surface area (Å²) in [5.74, 6) is -3.99. The molecule has 11 nitrogen and oxygen atoms in total. The molecule has 0 bridgehead atoms. The van der Waals surface area contributed by atoms with Gasteiger partial charge in [-0.2, -0.15) is 26.3 Å². The van der Waals surface area contributed by atoms with E-state index in [2.05, 4.69) is 24.5 Å². The van der Waals surface area contributed by atoms with Crippen molar-refractivity contribution in [3.63, 3.8) is 0 Å². The van der Waals surface area contributed by atoms with Crippen LogP contribution < -0.4 is 15.6 Å². The molecule has 4 unspecified atom stereocenters. The molecule has 3 aliphatic rings. The van der Waals surface area contributed by atoms with Crippen LogP contribution in [0.5, 0.6) is 0 Å². The van der Waals surface area contributed by atoms with Gasteiger partial charge in [0.15, 0.2) is 5.91 Å². The van der Waals surface area contributed by atoms with Crippen LogP contribution in [0.3, 0.4) is 0 Å². The van der Waals surface area contributed by atoms with Crippen molar-refractivity contribution in [1.82, 2.24) is 10.3 Å². The molecule has 4 atom stereocenters. The Balaban J connectivity index is 0.00000457. The minimum Gasteiger partial charge on any atom is -0.458 e. The standard InChI is InChI=1S/C57H56F6N4O6.H2O.Zn/c1-30-23-32(3)48(33(4)24-30)72-54(70)46-44(36-15-9-7-10-16-36)42(64-50(46)66-52(68)38-19-13-21-40(27-38)56(58,59)60)29-43-45(37-17-11-8-12-18-37)47(55(71)73-49-34(5)25-31(2)26-35(49)6)51(65-43)67-53(69)39-20-14-22-41(28-39)57(61,62)63;;/h7-22,27-35,48-49H,23-26H2,1-6H3,(H3,64,65,66,67,68,69,70,71);1H2;/p-1. The third-order valence-electron chi connectivity index (χ3n) is 14.0. The molecule has 2 heterocycles. The van der Waals surface area contributed by atoms with Gasteiger partial charge in [0.1, 0.15) is 23.6 Å². The average molecular weight is 1090 g/mol. The van der Waals surface area contributed by atoms with Crippen molar-refractivity contribution in [3.05, 3.63) is 160 Å². The third-order valence-corrected chi connectivity index (χ3v) is 14.0. The predicted octanol–water partition coefficient (Wildman–Crippen LogP) is 12.3. The van der Waals surface area contributed by atoms with Crippen LogP contribution in [0, 0.1) is 35.5 Å². The second kappa shape index (κ2) is 23.5. The molecule has 2 saturated carbocycles. The van der Waals surface area contributed by atoms with E-state index in [-0.39, 0.29) is 105 Å². The van der Waals surface area contributed by atoms with Crippen molar-refractivity contribution in [2.75, 3.05) is 5.32 Å². The molecular weight excluding hydrogens is 1030 g/mol. The second-order valence-electron chi connectivity index (χ2n) is 19.9. The predicted molar refractivity (Wildman–Crippen MR) is 268 cm³/mol. The minimum atomic E-state index is -4.78. The maximum absolute atomic E-state index is 14.9. The largest absolute Gasteiger partial charge is 0.458 e. The number of rotatable bonds is 10. The molecule has 8 rings (SSSR count). The number of aliphatic imine (C=N–C) groups is 1. The van der Waals surface area contributed by atoms with E-state index in [1.54, 1.807) is 60.7 Å². The molecule has 4 N–H and O–H groups in total. The summed E-state index contributed by atoms with van der Waals surface area (Å²) in [7, 11) is 0. The van der Waals surface area contributed by atoms with Crippen molar-refractivity contribution in [3.8, 4) is 11.1 Å². The first-order valence-electron chi connectivity index (χ1n) is 24.3. The summed E-state index contributed by atoms with van der Waals surface area (Å²) < 4.78 is 96.1. The van der Waals surface area contributed by atoms with Crippen molar-refractivity contribution >= 4 is 47.1 Å². The van der Waals surface area contributed by atoms with Crippen LogP contribution in [0.4, 0.5) is 32.2 Å². The number of esters is 2. The Morgan fingerprint density at radius 2 is 1.04 bits per heavy atom. The molecule has 2 aliphatic carbocycles. The number of nitrogens with one attached hydrogen (secondary N) is 2. The Kier molecular flexibility index (Phi) is 18.1. The molecule has 5 aromatic rings. The molecule has 2 fully saturated rings. The van der Waals surface area contributed by atoms with Gasteiger partial charge >= 0.3 is 24.3 Å². The van der Waals surface area contributed by atoms with Gasteiger partial charge in [0, 0.05) is 36.2 Å². The Morgan fingerprint density at radius 1 is 0.600 bits per heavy atom. The van der Waals surface area contributed by atoms with Crippen molar-refractivity contribution in [2.45, 2.75) is 91.8 Å². The van der Waals surface area contributed by atoms with E-state index in [9.17, 15) is 45.5 Å². The number of alkyl halides is 6. The molecule has 1 aliphatic heterocycles. The number of benzene rings is 4. The number of ether oxygens (including phenoxy) is 2. The Bertz CT molecular complexity index is 2980. The Hall–Kier alpha value is -6.65. The van der Waals surface area contributed by atoms with E-state index in [0.29, 0.717) is 35.1 Å². The number of hydrogen-bond acceptors (Lipinski definition) is 7. The number of aromatic nitrogens is 1. The normalized spacial score (nSPS) is 23.3. The Morgan fingerprint density at radius 3 is 1.51 bits per heavy atom. The summed E-state index contributed by atoms with van der Waals surface area (Å²) in [5, 5.41) is 5.19. The first-order chi connectivity index (χ1) is 34.6. The quantitative estimate of drug-likeness (QED) is 0.0797. The van der Waals surface area contributed by atoms with E-state index >= 15 is 0 Å². The zero-order chi connectivity index (χ0) is 52.5. The number of carbonyl (C=O) groups is 4. The zero-order valence-electron chi connectivity index (χ0n) is 42.2. The number of halogens is 6. The number of amides is 2. The van der Waals surface area contributed by atoms with Gasteiger partial charge < -0.3 is 30.6 Å². The van der Waals surface area contributed by atoms with Gasteiger partial charge in [0.2, 0.25) is 0 Å². The van der Waals surface area contributed by atoms with Crippen LogP contribution in [-0.2, 0) is 46.1 Å². The topological polar surface area (TPSA) is 169 Å². The summed E-state index contributed by atoms with van der Waals surface area (Å²) >= 11 is 0. The average Bonchev–Trinajstić information content (AvgIpc) is 3.88. The molecule has 0 radical (unpaired) electrons. The molecule has 18 heteroatoms. The number of nitrogens with zero attached hydrogens (tertiary/aromatic N) is 2. The molecule has 1 aromatic heterocycles. The van der Waals surface area contributed by atoms with E-state index in [0.717, 1.165) is 49.9 Å². The summed E-state index contributed by atoms with van der Waals surface area (Å²) in [4.78, 5) is 67.6. The summed E-state index contributed by atoms with van der Waals surface area (Å²) in [5.41, 5.74) is -2.27. The van der Waals surface area contributed by atoms with E-state index in [4.69, 9.17) is 19.5 Å². The number of carbonyl (C=O) groups excluding carboxylic acids is 4. The zero-order valence-corrected chi connectivity index (χ0v) is 45.2. The van der Waals surface area contributed by atoms with Gasteiger partial charge in [-0.15, -0.1) is 0 Å². The fourth-order valence-corrected chi connectivity index (χ4v) is 10.9. The van der Waals surface area contributed by atoms with Crippen LogP contribution in [0.15, 0.2) is 125 Å². The van der Waals surface area contributed by atoms with Crippen LogP contribution in [0.25, 0.3) is 22.8 Å². The van der Waals surface area contributed by atoms with Crippen LogP contribution in [0.1, 0.15) is 121 Å². The number of anilines is 1. The smallest absolute Gasteiger partial charge is 0.416 e. The number of hydrogen-bond donors (Lipinski definition) is 2. The fraction of sp³-hybridized carbons (Fsp3) is 0.351. The van der Waals surface area contributed by atoms with Gasteiger partial charge in [-0.25, -0.2) is 14.6 Å². The van der Waals surface area contributed by atoms with Gasteiger partial charge in [-0.05, 0) is 126 Å². The molecule has 4 aromatic carbocycles. The first kappa shape index (κ1) is 57.6. The summed E-state index contributed by atoms with van der Waals surface area (Å²) in [6, 6.07) is 24.6. The van der Waals surface area contributed by atoms with Crippen LogP contribution in [0.2, 0.25) is 0 Å². The van der Waals surface area contributed by atoms with Gasteiger partial charge in [0.25, 0.3) is 5.91 Å². The second-order valence-corrected chi connectivity index (χ2v) is 19.9. The van der Waals surface area contributed by atoms with E-state index in [1.807, 2.05) is 27.7 Å². The monoisotopic (exact) mass is 1090 g/mol. The number of allylic oxidation sites excluding steroid dienone is 1. The minimum absolute atomic E-state index is 0. The van der Waals surface area contributed by atoms with Crippen molar-refractivity contribution in [2.24, 2.45) is 40.5 Å².